The Morgan fingerprint density at radius 2 is 1.63 bits per heavy atom. The molecule has 3 rings (SSSR count). The van der Waals surface area contributed by atoms with E-state index >= 15 is 0 Å². The van der Waals surface area contributed by atoms with Crippen LogP contribution in [0.4, 0.5) is 17.1 Å². The summed E-state index contributed by atoms with van der Waals surface area (Å²) in [5.41, 5.74) is 2.14. The number of nitro benzene ring substituents is 1. The normalized spacial score (nSPS) is 15.1. The monoisotopic (exact) mass is 409 g/mol. The highest BCUT2D eigenvalue weighted by Gasteiger charge is 2.30. The van der Waals surface area contributed by atoms with Crippen LogP contribution in [-0.2, 0) is 9.84 Å². The fourth-order valence-electron chi connectivity index (χ4n) is 3.36. The number of benzene rings is 2. The van der Waals surface area contributed by atoms with Crippen molar-refractivity contribution in [1.29, 1.82) is 0 Å². The summed E-state index contributed by atoms with van der Waals surface area (Å²) in [6, 6.07) is 10.2. The van der Waals surface area contributed by atoms with Gasteiger partial charge in [0.1, 0.15) is 10.6 Å². The van der Waals surface area contributed by atoms with E-state index in [4.69, 9.17) is 11.6 Å². The smallest absolute Gasteiger partial charge is 0.311 e. The molecule has 7 nitrogen and oxygen atoms in total. The number of para-hydroxylation sites is 1. The number of halogens is 1. The van der Waals surface area contributed by atoms with Gasteiger partial charge >= 0.3 is 5.69 Å². The van der Waals surface area contributed by atoms with Crippen LogP contribution in [0, 0.1) is 17.0 Å². The molecule has 144 valence electrons. The van der Waals surface area contributed by atoms with E-state index in [1.54, 1.807) is 12.1 Å². The summed E-state index contributed by atoms with van der Waals surface area (Å²) < 4.78 is 23.9. The molecule has 0 aliphatic carbocycles. The zero-order chi connectivity index (χ0) is 19.8. The van der Waals surface area contributed by atoms with Crippen LogP contribution in [0.1, 0.15) is 5.56 Å². The van der Waals surface area contributed by atoms with Crippen molar-refractivity contribution in [3.8, 4) is 0 Å². The molecule has 0 unspecified atom stereocenters. The highest BCUT2D eigenvalue weighted by Crippen LogP contribution is 2.35. The van der Waals surface area contributed by atoms with Gasteiger partial charge in [0.25, 0.3) is 0 Å². The Morgan fingerprint density at radius 1 is 1.04 bits per heavy atom. The number of hydrogen-bond donors (Lipinski definition) is 0. The number of nitrogens with zero attached hydrogens (tertiary/aromatic N) is 3. The molecule has 0 N–H and O–H groups in total. The first-order valence-corrected chi connectivity index (χ1v) is 10.7. The van der Waals surface area contributed by atoms with Crippen molar-refractivity contribution >= 4 is 38.5 Å². The minimum atomic E-state index is -3.70. The first-order valence-electron chi connectivity index (χ1n) is 8.42. The van der Waals surface area contributed by atoms with Gasteiger partial charge in [0, 0.05) is 43.1 Å². The first kappa shape index (κ1) is 19.4. The molecule has 1 fully saturated rings. The maximum absolute atomic E-state index is 12.0. The number of piperazine rings is 1. The molecule has 0 radical (unpaired) electrons. The lowest BCUT2D eigenvalue weighted by atomic mass is 10.1. The number of nitro groups is 1. The Kier molecular flexibility index (Phi) is 5.30. The SMILES string of the molecule is Cc1ccc(Cl)cc1N1CCN(c2cccc(S(C)(=O)=O)c2[N+](=O)[O-])CC1. The average molecular weight is 410 g/mol. The Hall–Kier alpha value is -2.32. The second-order valence-electron chi connectivity index (χ2n) is 6.56. The maximum atomic E-state index is 12.0. The molecular formula is C18H20ClN3O4S. The molecule has 9 heteroatoms. The van der Waals surface area contributed by atoms with E-state index in [9.17, 15) is 18.5 Å². The highest BCUT2D eigenvalue weighted by molar-refractivity contribution is 7.90. The van der Waals surface area contributed by atoms with Crippen LogP contribution >= 0.6 is 11.6 Å². The van der Waals surface area contributed by atoms with E-state index in [1.165, 1.54) is 6.07 Å². The quantitative estimate of drug-likeness (QED) is 0.569. The van der Waals surface area contributed by atoms with Gasteiger partial charge in [-0.1, -0.05) is 23.7 Å². The molecule has 0 atom stereocenters. The molecule has 2 aromatic carbocycles. The summed E-state index contributed by atoms with van der Waals surface area (Å²) in [7, 11) is -3.70. The third-order valence-corrected chi connectivity index (χ3v) is 6.06. The number of rotatable bonds is 4. The Balaban J connectivity index is 1.89. The van der Waals surface area contributed by atoms with Gasteiger partial charge in [0.2, 0.25) is 0 Å². The van der Waals surface area contributed by atoms with Gasteiger partial charge in [-0.15, -0.1) is 0 Å². The molecule has 1 aliphatic heterocycles. The molecule has 0 aromatic heterocycles. The van der Waals surface area contributed by atoms with Gasteiger partial charge in [0.15, 0.2) is 9.84 Å². The van der Waals surface area contributed by atoms with E-state index in [2.05, 4.69) is 4.90 Å². The predicted octanol–water partition coefficient (Wildman–Crippen LogP) is 3.29. The minimum absolute atomic E-state index is 0.252. The Bertz CT molecular complexity index is 986. The Labute approximate surface area is 163 Å². The first-order chi connectivity index (χ1) is 12.7. The molecule has 0 spiro atoms. The molecule has 1 aliphatic rings. The number of anilines is 2. The van der Waals surface area contributed by atoms with Crippen molar-refractivity contribution in [1.82, 2.24) is 0 Å². The minimum Gasteiger partial charge on any atom is -0.368 e. The van der Waals surface area contributed by atoms with Gasteiger partial charge in [-0.3, -0.25) is 10.1 Å². The van der Waals surface area contributed by atoms with Crippen molar-refractivity contribution in [2.24, 2.45) is 0 Å². The van der Waals surface area contributed by atoms with Gasteiger partial charge in [-0.2, -0.15) is 0 Å². The summed E-state index contributed by atoms with van der Waals surface area (Å²) in [6.07, 6.45) is 0.985. The van der Waals surface area contributed by atoms with Crippen LogP contribution in [0.15, 0.2) is 41.3 Å². The lowest BCUT2D eigenvalue weighted by molar-refractivity contribution is -0.387. The molecule has 0 amide bonds. The fourth-order valence-corrected chi connectivity index (χ4v) is 4.38. The van der Waals surface area contributed by atoms with Gasteiger partial charge in [-0.25, -0.2) is 8.42 Å². The lowest BCUT2D eigenvalue weighted by Gasteiger charge is -2.37. The van der Waals surface area contributed by atoms with Crippen LogP contribution in [0.25, 0.3) is 0 Å². The van der Waals surface area contributed by atoms with Crippen molar-refractivity contribution in [3.05, 3.63) is 57.1 Å². The molecule has 1 heterocycles. The molecular weight excluding hydrogens is 390 g/mol. The van der Waals surface area contributed by atoms with Crippen molar-refractivity contribution < 1.29 is 13.3 Å². The Morgan fingerprint density at radius 3 is 2.19 bits per heavy atom. The number of aryl methyl sites for hydroxylation is 1. The van der Waals surface area contributed by atoms with E-state index in [0.717, 1.165) is 17.5 Å². The van der Waals surface area contributed by atoms with E-state index in [1.807, 2.05) is 30.0 Å². The van der Waals surface area contributed by atoms with Crippen LogP contribution in [0.3, 0.4) is 0 Å². The van der Waals surface area contributed by atoms with Crippen molar-refractivity contribution in [2.45, 2.75) is 11.8 Å². The highest BCUT2D eigenvalue weighted by atomic mass is 35.5. The molecule has 0 saturated carbocycles. The van der Waals surface area contributed by atoms with Crippen LogP contribution in [0.2, 0.25) is 5.02 Å². The fraction of sp³-hybridized carbons (Fsp3) is 0.333. The number of sulfone groups is 1. The summed E-state index contributed by atoms with van der Waals surface area (Å²) in [4.78, 5) is 14.8. The summed E-state index contributed by atoms with van der Waals surface area (Å²) >= 11 is 6.11. The second-order valence-corrected chi connectivity index (χ2v) is 8.98. The maximum Gasteiger partial charge on any atom is 0.311 e. The van der Waals surface area contributed by atoms with Gasteiger partial charge in [0.05, 0.1) is 4.92 Å². The summed E-state index contributed by atoms with van der Waals surface area (Å²) in [5, 5.41) is 12.3. The van der Waals surface area contributed by atoms with Crippen LogP contribution < -0.4 is 9.80 Å². The van der Waals surface area contributed by atoms with E-state index in [0.29, 0.717) is 36.9 Å². The summed E-state index contributed by atoms with van der Waals surface area (Å²) in [6.45, 7) is 4.40. The lowest BCUT2D eigenvalue weighted by Crippen LogP contribution is -2.47. The van der Waals surface area contributed by atoms with E-state index < -0.39 is 14.8 Å². The standard InChI is InChI=1S/C18H20ClN3O4S/c1-13-6-7-14(19)12-16(13)21-10-8-20(9-11-21)15-4-3-5-17(27(2,25)26)18(15)22(23)24/h3-7,12H,8-11H2,1-2H3. The van der Waals surface area contributed by atoms with Crippen molar-refractivity contribution in [2.75, 3.05) is 42.2 Å². The molecule has 0 bridgehead atoms. The topological polar surface area (TPSA) is 83.8 Å². The molecule has 27 heavy (non-hydrogen) atoms. The second kappa shape index (κ2) is 7.36. The predicted molar refractivity (Wildman–Crippen MR) is 107 cm³/mol. The van der Waals surface area contributed by atoms with E-state index in [-0.39, 0.29) is 10.6 Å². The van der Waals surface area contributed by atoms with Gasteiger partial charge < -0.3 is 9.80 Å². The third-order valence-electron chi connectivity index (χ3n) is 4.69. The van der Waals surface area contributed by atoms with Crippen LogP contribution in [-0.4, -0.2) is 45.8 Å². The van der Waals surface area contributed by atoms with Crippen LogP contribution in [0.5, 0.6) is 0 Å². The molecule has 1 saturated heterocycles. The largest absolute Gasteiger partial charge is 0.368 e. The van der Waals surface area contributed by atoms with Gasteiger partial charge in [-0.05, 0) is 36.8 Å². The zero-order valence-electron chi connectivity index (χ0n) is 15.1. The average Bonchev–Trinajstić information content (AvgIpc) is 2.62. The number of hydrogen-bond acceptors (Lipinski definition) is 6. The zero-order valence-corrected chi connectivity index (χ0v) is 16.6. The third kappa shape index (κ3) is 4.01. The molecule has 2 aromatic rings. The van der Waals surface area contributed by atoms with Crippen molar-refractivity contribution in [3.63, 3.8) is 0 Å². The summed E-state index contributed by atoms with van der Waals surface area (Å²) in [5.74, 6) is 0.